The van der Waals surface area contributed by atoms with Crippen molar-refractivity contribution in [2.75, 3.05) is 12.4 Å². The molecule has 1 amide bonds. The summed E-state index contributed by atoms with van der Waals surface area (Å²) in [7, 11) is 1.49. The number of carbonyl (C=O) groups is 2. The summed E-state index contributed by atoms with van der Waals surface area (Å²) in [5.41, 5.74) is 1.37. The number of furan rings is 1. The van der Waals surface area contributed by atoms with Crippen LogP contribution in [0.2, 0.25) is 10.0 Å². The number of para-hydroxylation sites is 1. The van der Waals surface area contributed by atoms with Crippen LogP contribution in [-0.4, -0.2) is 18.8 Å². The molecule has 0 saturated carbocycles. The molecule has 4 aromatic rings. The first-order chi connectivity index (χ1) is 14.5. The minimum absolute atomic E-state index is 0.102. The Hall–Kier alpha value is -3.28. The van der Waals surface area contributed by atoms with Crippen LogP contribution in [0.1, 0.15) is 26.5 Å². The van der Waals surface area contributed by atoms with E-state index in [-0.39, 0.29) is 17.1 Å². The summed E-state index contributed by atoms with van der Waals surface area (Å²) in [5, 5.41) is 3.79. The van der Waals surface area contributed by atoms with Gasteiger partial charge in [-0.3, -0.25) is 9.59 Å². The number of fused-ring (bicyclic) bond motifs is 1. The highest BCUT2D eigenvalue weighted by molar-refractivity contribution is 6.40. The molecule has 0 aliphatic rings. The Morgan fingerprint density at radius 3 is 2.30 bits per heavy atom. The lowest BCUT2D eigenvalue weighted by Gasteiger charge is -2.10. The maximum Gasteiger partial charge on any atom is 0.256 e. The van der Waals surface area contributed by atoms with Crippen LogP contribution >= 0.6 is 23.2 Å². The predicted octanol–water partition coefficient (Wildman–Crippen LogP) is 6.23. The van der Waals surface area contributed by atoms with E-state index in [9.17, 15) is 9.59 Å². The fraction of sp³-hybridized carbons (Fsp3) is 0.0435. The van der Waals surface area contributed by atoms with Crippen LogP contribution in [0.4, 0.5) is 5.69 Å². The van der Waals surface area contributed by atoms with Gasteiger partial charge in [-0.1, -0.05) is 59.6 Å². The van der Waals surface area contributed by atoms with Gasteiger partial charge in [-0.05, 0) is 30.3 Å². The minimum Gasteiger partial charge on any atom is -0.493 e. The SMILES string of the molecule is COc1ccc(C(=O)Nc2c(Cl)cccc2Cl)c2cc(C(=O)c3ccccc3)oc12. The van der Waals surface area contributed by atoms with Gasteiger partial charge < -0.3 is 14.5 Å². The summed E-state index contributed by atoms with van der Waals surface area (Å²) in [6.07, 6.45) is 0. The van der Waals surface area contributed by atoms with E-state index in [4.69, 9.17) is 32.4 Å². The molecule has 1 aromatic heterocycles. The number of amides is 1. The lowest BCUT2D eigenvalue weighted by molar-refractivity contribution is 0.101. The topological polar surface area (TPSA) is 68.5 Å². The van der Waals surface area contributed by atoms with Crippen molar-refractivity contribution in [2.45, 2.75) is 0 Å². The monoisotopic (exact) mass is 439 g/mol. The zero-order valence-electron chi connectivity index (χ0n) is 15.7. The molecule has 5 nitrogen and oxygen atoms in total. The van der Waals surface area contributed by atoms with Gasteiger partial charge in [-0.25, -0.2) is 0 Å². The number of ether oxygens (including phenoxy) is 1. The van der Waals surface area contributed by atoms with E-state index in [1.54, 1.807) is 54.6 Å². The highest BCUT2D eigenvalue weighted by Crippen LogP contribution is 2.34. The van der Waals surface area contributed by atoms with Gasteiger partial charge in [0.25, 0.3) is 5.91 Å². The van der Waals surface area contributed by atoms with Gasteiger partial charge in [-0.15, -0.1) is 0 Å². The largest absolute Gasteiger partial charge is 0.493 e. The van der Waals surface area contributed by atoms with Crippen molar-refractivity contribution in [3.05, 3.63) is 93.7 Å². The molecule has 1 heterocycles. The summed E-state index contributed by atoms with van der Waals surface area (Å²) in [5.74, 6) is -0.235. The maximum atomic E-state index is 13.0. The van der Waals surface area contributed by atoms with Gasteiger partial charge in [-0.2, -0.15) is 0 Å². The van der Waals surface area contributed by atoms with Gasteiger partial charge in [0.15, 0.2) is 17.1 Å². The molecule has 0 atom stereocenters. The van der Waals surface area contributed by atoms with E-state index >= 15 is 0 Å². The molecule has 0 spiro atoms. The number of methoxy groups -OCH3 is 1. The van der Waals surface area contributed by atoms with Crippen LogP contribution in [0.3, 0.4) is 0 Å². The van der Waals surface area contributed by atoms with Crippen LogP contribution in [0.5, 0.6) is 5.75 Å². The Morgan fingerprint density at radius 1 is 0.933 bits per heavy atom. The molecule has 1 N–H and O–H groups in total. The number of ketones is 1. The summed E-state index contributed by atoms with van der Waals surface area (Å²) in [6.45, 7) is 0. The molecule has 3 aromatic carbocycles. The number of anilines is 1. The number of halogens is 2. The van der Waals surface area contributed by atoms with Crippen LogP contribution in [0, 0.1) is 0 Å². The lowest BCUT2D eigenvalue weighted by Crippen LogP contribution is -2.13. The first-order valence-corrected chi connectivity index (χ1v) is 9.71. The van der Waals surface area contributed by atoms with Crippen molar-refractivity contribution in [1.82, 2.24) is 0 Å². The van der Waals surface area contributed by atoms with E-state index in [1.807, 2.05) is 6.07 Å². The Labute approximate surface area is 182 Å². The van der Waals surface area contributed by atoms with Crippen molar-refractivity contribution in [3.8, 4) is 5.75 Å². The zero-order valence-corrected chi connectivity index (χ0v) is 17.3. The zero-order chi connectivity index (χ0) is 21.3. The average molecular weight is 440 g/mol. The van der Waals surface area contributed by atoms with Gasteiger partial charge in [0.2, 0.25) is 5.78 Å². The Morgan fingerprint density at radius 2 is 1.63 bits per heavy atom. The van der Waals surface area contributed by atoms with E-state index < -0.39 is 5.91 Å². The molecule has 0 aliphatic heterocycles. The van der Waals surface area contributed by atoms with E-state index in [1.165, 1.54) is 13.2 Å². The molecule has 0 radical (unpaired) electrons. The number of hydrogen-bond acceptors (Lipinski definition) is 4. The molecule has 0 fully saturated rings. The van der Waals surface area contributed by atoms with Crippen molar-refractivity contribution in [2.24, 2.45) is 0 Å². The van der Waals surface area contributed by atoms with Crippen LogP contribution in [-0.2, 0) is 0 Å². The standard InChI is InChI=1S/C23H15Cl2NO4/c1-29-18-11-10-14(23(28)26-20-16(24)8-5-9-17(20)25)15-12-19(30-22(15)18)21(27)13-6-3-2-4-7-13/h2-12H,1H3,(H,26,28). The maximum absolute atomic E-state index is 13.0. The number of nitrogens with one attached hydrogen (secondary N) is 1. The van der Waals surface area contributed by atoms with Crippen molar-refractivity contribution in [1.29, 1.82) is 0 Å². The van der Waals surface area contributed by atoms with E-state index in [0.717, 1.165) is 0 Å². The summed E-state index contributed by atoms with van der Waals surface area (Å²) < 4.78 is 11.1. The molecule has 0 aliphatic carbocycles. The first-order valence-electron chi connectivity index (χ1n) is 8.95. The van der Waals surface area contributed by atoms with Gasteiger partial charge in [0.05, 0.1) is 28.4 Å². The number of carbonyl (C=O) groups excluding carboxylic acids is 2. The number of rotatable bonds is 5. The highest BCUT2D eigenvalue weighted by atomic mass is 35.5. The Balaban J connectivity index is 1.78. The molecule has 7 heteroatoms. The third kappa shape index (κ3) is 3.65. The smallest absolute Gasteiger partial charge is 0.256 e. The second kappa shape index (κ2) is 8.22. The van der Waals surface area contributed by atoms with Crippen molar-refractivity contribution >= 4 is 51.5 Å². The molecule has 0 saturated heterocycles. The second-order valence-electron chi connectivity index (χ2n) is 6.41. The minimum atomic E-state index is -0.447. The van der Waals surface area contributed by atoms with Gasteiger partial charge in [0.1, 0.15) is 0 Å². The molecule has 150 valence electrons. The summed E-state index contributed by atoms with van der Waals surface area (Å²) in [4.78, 5) is 25.8. The van der Waals surface area contributed by atoms with Crippen LogP contribution < -0.4 is 10.1 Å². The summed E-state index contributed by atoms with van der Waals surface area (Å²) in [6, 6.07) is 18.4. The fourth-order valence-corrected chi connectivity index (χ4v) is 3.59. The van der Waals surface area contributed by atoms with E-state index in [2.05, 4.69) is 5.32 Å². The van der Waals surface area contributed by atoms with Crippen molar-refractivity contribution in [3.63, 3.8) is 0 Å². The third-order valence-electron chi connectivity index (χ3n) is 4.57. The van der Waals surface area contributed by atoms with E-state index in [0.29, 0.717) is 38.0 Å². The predicted molar refractivity (Wildman–Crippen MR) is 117 cm³/mol. The molecule has 4 rings (SSSR count). The Bertz CT molecular complexity index is 1240. The molecule has 0 bridgehead atoms. The first kappa shape index (κ1) is 20.0. The van der Waals surface area contributed by atoms with Crippen LogP contribution in [0.25, 0.3) is 11.0 Å². The number of hydrogen-bond donors (Lipinski definition) is 1. The molecular formula is C23H15Cl2NO4. The number of benzene rings is 3. The third-order valence-corrected chi connectivity index (χ3v) is 5.20. The quantitative estimate of drug-likeness (QED) is 0.374. The second-order valence-corrected chi connectivity index (χ2v) is 7.23. The molecule has 30 heavy (non-hydrogen) atoms. The van der Waals surface area contributed by atoms with Crippen molar-refractivity contribution < 1.29 is 18.7 Å². The summed E-state index contributed by atoms with van der Waals surface area (Å²) >= 11 is 12.3. The average Bonchev–Trinajstić information content (AvgIpc) is 3.21. The Kier molecular flexibility index (Phi) is 5.48. The lowest BCUT2D eigenvalue weighted by atomic mass is 10.1. The molecular weight excluding hydrogens is 425 g/mol. The molecule has 0 unspecified atom stereocenters. The fourth-order valence-electron chi connectivity index (χ4n) is 3.10. The van der Waals surface area contributed by atoms with Gasteiger partial charge >= 0.3 is 0 Å². The highest BCUT2D eigenvalue weighted by Gasteiger charge is 2.22. The van der Waals surface area contributed by atoms with Gasteiger partial charge in [0, 0.05) is 10.9 Å². The normalized spacial score (nSPS) is 10.8. The van der Waals surface area contributed by atoms with Crippen LogP contribution in [0.15, 0.2) is 71.1 Å².